The van der Waals surface area contributed by atoms with E-state index in [4.69, 9.17) is 4.74 Å². The van der Waals surface area contributed by atoms with Gasteiger partial charge in [-0.05, 0) is 49.1 Å². The number of benzene rings is 2. The van der Waals surface area contributed by atoms with Crippen LogP contribution in [0.3, 0.4) is 0 Å². The molecule has 0 N–H and O–H groups in total. The summed E-state index contributed by atoms with van der Waals surface area (Å²) < 4.78 is 49.2. The minimum atomic E-state index is -3.95. The van der Waals surface area contributed by atoms with Crippen molar-refractivity contribution in [2.75, 3.05) is 11.4 Å². The van der Waals surface area contributed by atoms with Crippen molar-refractivity contribution >= 4 is 33.3 Å². The molecule has 2 aromatic rings. The van der Waals surface area contributed by atoms with Crippen LogP contribution in [-0.2, 0) is 10.0 Å². The summed E-state index contributed by atoms with van der Waals surface area (Å²) in [6.07, 6.45) is 3.53. The molecule has 7 nitrogen and oxygen atoms in total. The number of esters is 1. The normalized spacial score (nSPS) is 21.2. The molecule has 3 aliphatic rings. The average molecular weight is 456 g/mol. The first kappa shape index (κ1) is 20.8. The SMILES string of the molecule is CC1CC(=O)c2c(OC(=O)c3ccc4c(c3)S(=O)(=O)N=C3CCCCCN34)ccc(F)c21. The maximum Gasteiger partial charge on any atom is 0.343 e. The summed E-state index contributed by atoms with van der Waals surface area (Å²) in [6, 6.07) is 6.77. The number of amidine groups is 1. The second-order valence-electron chi connectivity index (χ2n) is 8.38. The van der Waals surface area contributed by atoms with Gasteiger partial charge in [0.15, 0.2) is 5.78 Å². The molecule has 0 saturated carbocycles. The summed E-state index contributed by atoms with van der Waals surface area (Å²) in [4.78, 5) is 27.0. The highest BCUT2D eigenvalue weighted by atomic mass is 32.2. The van der Waals surface area contributed by atoms with Gasteiger partial charge in [-0.15, -0.1) is 4.40 Å². The number of hydrogen-bond donors (Lipinski definition) is 0. The first-order chi connectivity index (χ1) is 15.3. The largest absolute Gasteiger partial charge is 0.422 e. The molecule has 0 spiro atoms. The summed E-state index contributed by atoms with van der Waals surface area (Å²) >= 11 is 0. The Bertz CT molecular complexity index is 1300. The fourth-order valence-electron chi connectivity index (χ4n) is 4.68. The van der Waals surface area contributed by atoms with Crippen molar-refractivity contribution in [2.24, 2.45) is 4.40 Å². The lowest BCUT2D eigenvalue weighted by Gasteiger charge is -2.29. The monoisotopic (exact) mass is 456 g/mol. The van der Waals surface area contributed by atoms with E-state index in [0.717, 1.165) is 19.3 Å². The zero-order valence-electron chi connectivity index (χ0n) is 17.4. The van der Waals surface area contributed by atoms with E-state index < -0.39 is 21.8 Å². The van der Waals surface area contributed by atoms with Gasteiger partial charge in [0.25, 0.3) is 10.0 Å². The van der Waals surface area contributed by atoms with Crippen molar-refractivity contribution in [3.8, 4) is 5.75 Å². The van der Waals surface area contributed by atoms with E-state index in [0.29, 0.717) is 24.5 Å². The van der Waals surface area contributed by atoms with Crippen LogP contribution in [0.15, 0.2) is 39.6 Å². The van der Waals surface area contributed by atoms with Gasteiger partial charge in [0.2, 0.25) is 0 Å². The Balaban J connectivity index is 1.50. The van der Waals surface area contributed by atoms with E-state index >= 15 is 0 Å². The van der Waals surface area contributed by atoms with E-state index in [1.807, 2.05) is 4.90 Å². The molecule has 1 fully saturated rings. The van der Waals surface area contributed by atoms with Crippen molar-refractivity contribution in [1.82, 2.24) is 0 Å². The van der Waals surface area contributed by atoms with E-state index in [1.54, 1.807) is 13.0 Å². The Kier molecular flexibility index (Phi) is 4.88. The van der Waals surface area contributed by atoms with Gasteiger partial charge >= 0.3 is 5.97 Å². The third-order valence-corrected chi connectivity index (χ3v) is 7.54. The third-order valence-electron chi connectivity index (χ3n) is 6.20. The van der Waals surface area contributed by atoms with E-state index in [-0.39, 0.29) is 45.5 Å². The van der Waals surface area contributed by atoms with Crippen LogP contribution < -0.4 is 9.64 Å². The maximum atomic E-state index is 14.2. The van der Waals surface area contributed by atoms with Crippen LogP contribution in [0.5, 0.6) is 5.75 Å². The van der Waals surface area contributed by atoms with Gasteiger partial charge in [0, 0.05) is 24.9 Å². The number of ketones is 1. The molecule has 1 saturated heterocycles. The van der Waals surface area contributed by atoms with Gasteiger partial charge in [-0.1, -0.05) is 13.3 Å². The van der Waals surface area contributed by atoms with Crippen LogP contribution in [0, 0.1) is 5.82 Å². The predicted octanol–water partition coefficient (Wildman–Crippen LogP) is 4.22. The van der Waals surface area contributed by atoms with Gasteiger partial charge in [-0.25, -0.2) is 9.18 Å². The number of fused-ring (bicyclic) bond motifs is 4. The molecule has 0 aromatic heterocycles. The van der Waals surface area contributed by atoms with Crippen LogP contribution in [-0.4, -0.2) is 32.6 Å². The van der Waals surface area contributed by atoms with Crippen molar-refractivity contribution < 1.29 is 27.1 Å². The van der Waals surface area contributed by atoms with Gasteiger partial charge in [0.1, 0.15) is 22.3 Å². The van der Waals surface area contributed by atoms with Crippen molar-refractivity contribution in [1.29, 1.82) is 0 Å². The molecular formula is C23H21FN2O5S. The highest BCUT2D eigenvalue weighted by molar-refractivity contribution is 7.90. The van der Waals surface area contributed by atoms with Gasteiger partial charge in [-0.2, -0.15) is 8.42 Å². The predicted molar refractivity (Wildman–Crippen MR) is 116 cm³/mol. The fourth-order valence-corrected chi connectivity index (χ4v) is 5.96. The quantitative estimate of drug-likeness (QED) is 0.496. The molecule has 1 unspecified atom stereocenters. The van der Waals surface area contributed by atoms with Crippen molar-refractivity contribution in [3.05, 3.63) is 52.8 Å². The molecule has 2 aliphatic heterocycles. The molecule has 1 aliphatic carbocycles. The van der Waals surface area contributed by atoms with E-state index in [2.05, 4.69) is 4.40 Å². The van der Waals surface area contributed by atoms with Crippen LogP contribution >= 0.6 is 0 Å². The average Bonchev–Trinajstić information content (AvgIpc) is 2.91. The van der Waals surface area contributed by atoms with E-state index in [9.17, 15) is 22.4 Å². The molecule has 0 radical (unpaired) electrons. The molecular weight excluding hydrogens is 435 g/mol. The summed E-state index contributed by atoms with van der Waals surface area (Å²) in [5.41, 5.74) is 0.837. The highest BCUT2D eigenvalue weighted by Gasteiger charge is 2.35. The molecule has 2 heterocycles. The fraction of sp³-hybridized carbons (Fsp3) is 0.348. The first-order valence-corrected chi connectivity index (χ1v) is 12.0. The Morgan fingerprint density at radius 2 is 2.00 bits per heavy atom. The van der Waals surface area contributed by atoms with Gasteiger partial charge in [-0.3, -0.25) is 4.79 Å². The van der Waals surface area contributed by atoms with Crippen LogP contribution in [0.4, 0.5) is 10.1 Å². The van der Waals surface area contributed by atoms with Crippen LogP contribution in [0.25, 0.3) is 0 Å². The topological polar surface area (TPSA) is 93.1 Å². The number of Topliss-reactive ketones (excluding diaryl/α,β-unsaturated/α-hetero) is 1. The first-order valence-electron chi connectivity index (χ1n) is 10.6. The second kappa shape index (κ2) is 7.51. The summed E-state index contributed by atoms with van der Waals surface area (Å²) in [7, 11) is -3.95. The number of anilines is 1. The Morgan fingerprint density at radius 3 is 2.81 bits per heavy atom. The Hall–Kier alpha value is -3.07. The van der Waals surface area contributed by atoms with Gasteiger partial charge < -0.3 is 9.64 Å². The number of nitrogens with zero attached hydrogens (tertiary/aromatic N) is 2. The number of carbonyl (C=O) groups excluding carboxylic acids is 2. The molecule has 2 aromatic carbocycles. The molecule has 1 atom stereocenters. The summed E-state index contributed by atoms with van der Waals surface area (Å²) in [5.74, 6) is -1.41. The molecule has 32 heavy (non-hydrogen) atoms. The molecule has 5 rings (SSSR count). The number of halogens is 1. The minimum absolute atomic E-state index is 0.0115. The number of carbonyl (C=O) groups is 2. The minimum Gasteiger partial charge on any atom is -0.422 e. The smallest absolute Gasteiger partial charge is 0.343 e. The lowest BCUT2D eigenvalue weighted by molar-refractivity contribution is 0.0732. The standard InChI is InChI=1S/C23H21FN2O5S/c1-13-11-17(27)22-18(9-7-15(24)21(13)22)31-23(28)14-6-8-16-19(12-14)32(29,30)25-20-5-3-2-4-10-26(16)20/h6-9,12-13H,2-5,10-11H2,1H3. The van der Waals surface area contributed by atoms with E-state index in [1.165, 1.54) is 24.3 Å². The second-order valence-corrected chi connectivity index (χ2v) is 9.95. The van der Waals surface area contributed by atoms with Crippen molar-refractivity contribution in [2.45, 2.75) is 49.8 Å². The zero-order valence-corrected chi connectivity index (χ0v) is 18.2. The zero-order chi connectivity index (χ0) is 22.6. The highest BCUT2D eigenvalue weighted by Crippen LogP contribution is 2.40. The third kappa shape index (κ3) is 3.31. The number of hydrogen-bond acceptors (Lipinski definition) is 6. The molecule has 166 valence electrons. The number of rotatable bonds is 2. The van der Waals surface area contributed by atoms with Crippen LogP contribution in [0.1, 0.15) is 71.2 Å². The summed E-state index contributed by atoms with van der Waals surface area (Å²) in [5, 5.41) is 0. The Morgan fingerprint density at radius 1 is 1.19 bits per heavy atom. The summed E-state index contributed by atoms with van der Waals surface area (Å²) in [6.45, 7) is 2.40. The molecule has 9 heteroatoms. The number of sulfonamides is 1. The van der Waals surface area contributed by atoms with Crippen molar-refractivity contribution in [3.63, 3.8) is 0 Å². The maximum absolute atomic E-state index is 14.2. The lowest BCUT2D eigenvalue weighted by Crippen LogP contribution is -2.35. The Labute approximate surface area is 185 Å². The molecule has 0 amide bonds. The molecule has 0 bridgehead atoms. The lowest BCUT2D eigenvalue weighted by atomic mass is 10.0. The van der Waals surface area contributed by atoms with Gasteiger partial charge in [0.05, 0.1) is 16.8 Å². The number of ether oxygens (including phenoxy) is 1. The van der Waals surface area contributed by atoms with Crippen LogP contribution in [0.2, 0.25) is 0 Å².